The van der Waals surface area contributed by atoms with Gasteiger partial charge in [0.1, 0.15) is 17.1 Å². The second-order valence-corrected chi connectivity index (χ2v) is 8.69. The molecule has 1 aromatic heterocycles. The van der Waals surface area contributed by atoms with Crippen molar-refractivity contribution in [3.8, 4) is 5.75 Å². The number of piperazine rings is 1. The first kappa shape index (κ1) is 24.4. The Labute approximate surface area is 212 Å². The number of carbonyl (C=O) groups excluding carboxylic acids is 1. The van der Waals surface area contributed by atoms with Crippen molar-refractivity contribution < 1.29 is 22.7 Å². The number of fused-ring (bicyclic) bond motifs is 1. The number of carbonyl (C=O) groups is 1. The number of halogens is 3. The molecule has 3 aromatic carbocycles. The van der Waals surface area contributed by atoms with Crippen LogP contribution < -0.4 is 19.9 Å². The fourth-order valence-electron chi connectivity index (χ4n) is 4.40. The molecule has 9 heteroatoms. The molecule has 1 amide bonds. The maximum Gasteiger partial charge on any atom is 0.418 e. The fraction of sp³-hybridized carbons (Fsp3) is 0.214. The highest BCUT2D eigenvalue weighted by atomic mass is 19.4. The van der Waals surface area contributed by atoms with Gasteiger partial charge < -0.3 is 19.9 Å². The van der Waals surface area contributed by atoms with Crippen LogP contribution in [-0.4, -0.2) is 43.7 Å². The molecule has 0 saturated carbocycles. The Kier molecular flexibility index (Phi) is 6.85. The molecule has 2 heterocycles. The van der Waals surface area contributed by atoms with Crippen molar-refractivity contribution >= 4 is 34.0 Å². The summed E-state index contributed by atoms with van der Waals surface area (Å²) in [6.07, 6.45) is -4.58. The molecule has 1 N–H and O–H groups in total. The number of pyridine rings is 1. The van der Waals surface area contributed by atoms with E-state index < -0.39 is 24.3 Å². The van der Waals surface area contributed by atoms with Gasteiger partial charge in [0.2, 0.25) is 0 Å². The summed E-state index contributed by atoms with van der Waals surface area (Å²) in [4.78, 5) is 21.8. The van der Waals surface area contributed by atoms with Crippen molar-refractivity contribution in [1.82, 2.24) is 4.98 Å². The van der Waals surface area contributed by atoms with Crippen molar-refractivity contribution in [3.05, 3.63) is 90.5 Å². The summed E-state index contributed by atoms with van der Waals surface area (Å²) in [6.45, 7) is 2.88. The quantitative estimate of drug-likeness (QED) is 0.369. The molecule has 0 unspecified atom stereocenters. The summed E-state index contributed by atoms with van der Waals surface area (Å²) >= 11 is 0. The summed E-state index contributed by atoms with van der Waals surface area (Å²) in [5.41, 5.74) is 0.568. The van der Waals surface area contributed by atoms with E-state index in [1.165, 1.54) is 23.9 Å². The van der Waals surface area contributed by atoms with Crippen molar-refractivity contribution in [2.75, 3.05) is 47.9 Å². The highest BCUT2D eigenvalue weighted by Crippen LogP contribution is 2.34. The van der Waals surface area contributed by atoms with E-state index in [-0.39, 0.29) is 5.69 Å². The summed E-state index contributed by atoms with van der Waals surface area (Å²) in [6, 6.07) is 24.4. The lowest BCUT2D eigenvalue weighted by atomic mass is 10.1. The Bertz CT molecular complexity index is 1390. The molecule has 1 saturated heterocycles. The molecule has 1 aliphatic rings. The minimum Gasteiger partial charge on any atom is -0.481 e. The number of rotatable bonds is 6. The van der Waals surface area contributed by atoms with Gasteiger partial charge in [0.25, 0.3) is 5.91 Å². The van der Waals surface area contributed by atoms with Gasteiger partial charge in [-0.1, -0.05) is 42.5 Å². The zero-order valence-electron chi connectivity index (χ0n) is 19.9. The molecule has 1 aliphatic heterocycles. The van der Waals surface area contributed by atoms with Crippen LogP contribution in [0.3, 0.4) is 0 Å². The Balaban J connectivity index is 1.27. The molecule has 0 bridgehead atoms. The van der Waals surface area contributed by atoms with Crippen molar-refractivity contribution in [2.45, 2.75) is 6.18 Å². The Hall–Kier alpha value is -4.27. The lowest BCUT2D eigenvalue weighted by molar-refractivity contribution is -0.137. The van der Waals surface area contributed by atoms with Gasteiger partial charge in [0.05, 0.1) is 11.3 Å². The predicted molar refractivity (Wildman–Crippen MR) is 138 cm³/mol. The van der Waals surface area contributed by atoms with Crippen molar-refractivity contribution in [1.29, 1.82) is 0 Å². The minimum absolute atomic E-state index is 0.309. The number of hydrogen-bond donors (Lipinski definition) is 1. The number of nitrogens with one attached hydrogen (secondary N) is 1. The number of anilines is 3. The summed E-state index contributed by atoms with van der Waals surface area (Å²) in [5.74, 6) is 0.503. The predicted octanol–water partition coefficient (Wildman–Crippen LogP) is 5.60. The molecule has 37 heavy (non-hydrogen) atoms. The monoisotopic (exact) mass is 506 g/mol. The molecule has 190 valence electrons. The number of benzene rings is 3. The highest BCUT2D eigenvalue weighted by Gasteiger charge is 2.33. The largest absolute Gasteiger partial charge is 0.481 e. The van der Waals surface area contributed by atoms with Gasteiger partial charge in [-0.05, 0) is 42.5 Å². The van der Waals surface area contributed by atoms with E-state index in [1.54, 1.807) is 12.1 Å². The van der Waals surface area contributed by atoms with Gasteiger partial charge in [0, 0.05) is 37.3 Å². The lowest BCUT2D eigenvalue weighted by Gasteiger charge is -2.36. The third-order valence-corrected chi connectivity index (χ3v) is 6.26. The zero-order chi connectivity index (χ0) is 25.8. The molecule has 0 radical (unpaired) electrons. The van der Waals surface area contributed by atoms with Gasteiger partial charge >= 0.3 is 6.18 Å². The average molecular weight is 507 g/mol. The third-order valence-electron chi connectivity index (χ3n) is 6.26. The first-order valence-electron chi connectivity index (χ1n) is 11.9. The first-order valence-corrected chi connectivity index (χ1v) is 11.9. The van der Waals surface area contributed by atoms with Gasteiger partial charge in [0.15, 0.2) is 6.61 Å². The molecular weight excluding hydrogens is 481 g/mol. The number of alkyl halides is 3. The van der Waals surface area contributed by atoms with Gasteiger partial charge in [-0.15, -0.1) is 0 Å². The number of para-hydroxylation sites is 3. The van der Waals surface area contributed by atoms with Crippen molar-refractivity contribution in [2.24, 2.45) is 0 Å². The van der Waals surface area contributed by atoms with Gasteiger partial charge in [-0.2, -0.15) is 13.2 Å². The van der Waals surface area contributed by atoms with Crippen LogP contribution in [0, 0.1) is 0 Å². The molecule has 0 spiro atoms. The van der Waals surface area contributed by atoms with E-state index in [4.69, 9.17) is 9.72 Å². The lowest BCUT2D eigenvalue weighted by Crippen LogP contribution is -2.46. The topological polar surface area (TPSA) is 57.7 Å². The van der Waals surface area contributed by atoms with Gasteiger partial charge in [-0.25, -0.2) is 4.98 Å². The SMILES string of the molecule is O=C(COc1cccc2ccc(N3CCN(c4ccccc4)CC3)nc12)Nc1ccccc1C(F)(F)F. The van der Waals surface area contributed by atoms with Crippen LogP contribution in [0.5, 0.6) is 5.75 Å². The Morgan fingerprint density at radius 1 is 0.838 bits per heavy atom. The van der Waals surface area contributed by atoms with E-state index in [9.17, 15) is 18.0 Å². The summed E-state index contributed by atoms with van der Waals surface area (Å²) in [5, 5.41) is 3.14. The molecule has 1 fully saturated rings. The molecular formula is C28H25F3N4O2. The Morgan fingerprint density at radius 3 is 2.30 bits per heavy atom. The fourth-order valence-corrected chi connectivity index (χ4v) is 4.40. The van der Waals surface area contributed by atoms with E-state index in [1.807, 2.05) is 36.4 Å². The van der Waals surface area contributed by atoms with E-state index in [2.05, 4.69) is 27.2 Å². The number of hydrogen-bond acceptors (Lipinski definition) is 5. The normalized spacial score (nSPS) is 14.0. The van der Waals surface area contributed by atoms with Crippen LogP contribution in [0.1, 0.15) is 5.56 Å². The Morgan fingerprint density at radius 2 is 1.54 bits per heavy atom. The second kappa shape index (κ2) is 10.4. The van der Waals surface area contributed by atoms with Crippen LogP contribution in [0.25, 0.3) is 10.9 Å². The van der Waals surface area contributed by atoms with Crippen LogP contribution in [0.15, 0.2) is 84.9 Å². The summed E-state index contributed by atoms with van der Waals surface area (Å²) < 4.78 is 45.4. The standard InChI is InChI=1S/C28H25F3N4O2/c29-28(30,31)22-10-4-5-11-23(22)32-26(36)19-37-24-12-6-7-20-13-14-25(33-27(20)24)35-17-15-34(16-18-35)21-8-2-1-3-9-21/h1-14H,15-19H2,(H,32,36). The number of aromatic nitrogens is 1. The van der Waals surface area contributed by atoms with E-state index in [0.717, 1.165) is 43.4 Å². The van der Waals surface area contributed by atoms with E-state index >= 15 is 0 Å². The van der Waals surface area contributed by atoms with Crippen LogP contribution in [-0.2, 0) is 11.0 Å². The molecule has 5 rings (SSSR count). The minimum atomic E-state index is -4.58. The number of ether oxygens (including phenoxy) is 1. The second-order valence-electron chi connectivity index (χ2n) is 8.69. The van der Waals surface area contributed by atoms with Gasteiger partial charge in [-0.3, -0.25) is 4.79 Å². The highest BCUT2D eigenvalue weighted by molar-refractivity contribution is 5.93. The molecule has 6 nitrogen and oxygen atoms in total. The van der Waals surface area contributed by atoms with Crippen LogP contribution in [0.4, 0.5) is 30.4 Å². The van der Waals surface area contributed by atoms with Crippen molar-refractivity contribution in [3.63, 3.8) is 0 Å². The van der Waals surface area contributed by atoms with Crippen LogP contribution >= 0.6 is 0 Å². The maximum absolute atomic E-state index is 13.2. The zero-order valence-corrected chi connectivity index (χ0v) is 19.9. The summed E-state index contributed by atoms with van der Waals surface area (Å²) in [7, 11) is 0. The number of nitrogens with zero attached hydrogens (tertiary/aromatic N) is 3. The maximum atomic E-state index is 13.2. The number of amides is 1. The molecule has 0 aliphatic carbocycles. The third kappa shape index (κ3) is 5.61. The molecule has 4 aromatic rings. The average Bonchev–Trinajstić information content (AvgIpc) is 2.92. The van der Waals surface area contributed by atoms with Crippen LogP contribution in [0.2, 0.25) is 0 Å². The smallest absolute Gasteiger partial charge is 0.418 e. The van der Waals surface area contributed by atoms with E-state index in [0.29, 0.717) is 11.3 Å². The molecule has 0 atom stereocenters. The first-order chi connectivity index (χ1) is 17.9.